The van der Waals surface area contributed by atoms with E-state index < -0.39 is 0 Å². The fourth-order valence-corrected chi connectivity index (χ4v) is 3.82. The normalized spacial score (nSPS) is 25.2. The summed E-state index contributed by atoms with van der Waals surface area (Å²) in [7, 11) is 0. The fourth-order valence-electron chi connectivity index (χ4n) is 3.82. The van der Waals surface area contributed by atoms with Gasteiger partial charge in [-0.2, -0.15) is 4.98 Å². The Morgan fingerprint density at radius 3 is 2.75 bits per heavy atom. The minimum atomic E-state index is -0.251. The molecule has 1 aliphatic heterocycles. The average molecular weight is 332 g/mol. The summed E-state index contributed by atoms with van der Waals surface area (Å²) >= 11 is 0. The highest BCUT2D eigenvalue weighted by molar-refractivity contribution is 5.89. The summed E-state index contributed by atoms with van der Waals surface area (Å²) in [4.78, 5) is 30.5. The van der Waals surface area contributed by atoms with Crippen LogP contribution in [0.2, 0.25) is 0 Å². The summed E-state index contributed by atoms with van der Waals surface area (Å²) in [5.41, 5.74) is 0. The molecule has 1 N–H and O–H groups in total. The zero-order chi connectivity index (χ0) is 16.5. The molecule has 2 heterocycles. The summed E-state index contributed by atoms with van der Waals surface area (Å²) < 4.78 is 5.27. The van der Waals surface area contributed by atoms with Crippen molar-refractivity contribution in [2.45, 2.75) is 69.9 Å². The molecule has 2 amide bonds. The quantitative estimate of drug-likeness (QED) is 0.887. The molecule has 2 aliphatic carbocycles. The minimum absolute atomic E-state index is 0.0936. The topological polar surface area (TPSA) is 88.3 Å². The summed E-state index contributed by atoms with van der Waals surface area (Å²) in [6.45, 7) is 0.791. The first-order valence-electron chi connectivity index (χ1n) is 9.10. The first kappa shape index (κ1) is 15.6. The van der Waals surface area contributed by atoms with Gasteiger partial charge in [0, 0.05) is 24.9 Å². The van der Waals surface area contributed by atoms with Crippen LogP contribution in [0, 0.1) is 5.92 Å². The number of hydrogen-bond donors (Lipinski definition) is 1. The highest BCUT2D eigenvalue weighted by atomic mass is 16.5. The van der Waals surface area contributed by atoms with Crippen LogP contribution in [0.15, 0.2) is 4.52 Å². The highest BCUT2D eigenvalue weighted by Gasteiger charge is 2.41. The lowest BCUT2D eigenvalue weighted by Crippen LogP contribution is -2.33. The van der Waals surface area contributed by atoms with Gasteiger partial charge in [0.2, 0.25) is 17.7 Å². The number of nitrogens with zero attached hydrogens (tertiary/aromatic N) is 3. The maximum absolute atomic E-state index is 12.3. The summed E-state index contributed by atoms with van der Waals surface area (Å²) in [5.74, 6) is 1.38. The van der Waals surface area contributed by atoms with Crippen LogP contribution in [0.3, 0.4) is 0 Å². The standard InChI is InChI=1S/C17H24N4O3/c22-15-8-12(10-21(15)13-6-7-13)17(23)18-9-14-19-16(20-24-14)11-4-2-1-3-5-11/h11-13H,1-10H2,(H,18,23)/t12-/m1/s1. The third-order valence-corrected chi connectivity index (χ3v) is 5.38. The van der Waals surface area contributed by atoms with E-state index in [-0.39, 0.29) is 24.3 Å². The molecule has 7 heteroatoms. The number of hydrogen-bond acceptors (Lipinski definition) is 5. The molecule has 0 aromatic carbocycles. The molecular formula is C17H24N4O3. The molecule has 0 unspecified atom stereocenters. The van der Waals surface area contributed by atoms with E-state index in [4.69, 9.17) is 4.52 Å². The van der Waals surface area contributed by atoms with E-state index in [1.54, 1.807) is 0 Å². The lowest BCUT2D eigenvalue weighted by Gasteiger charge is -2.17. The first-order chi connectivity index (χ1) is 11.7. The summed E-state index contributed by atoms with van der Waals surface area (Å²) in [6, 6.07) is 0.379. The number of aromatic nitrogens is 2. The van der Waals surface area contributed by atoms with E-state index in [0.29, 0.717) is 30.8 Å². The molecule has 0 spiro atoms. The van der Waals surface area contributed by atoms with Crippen molar-refractivity contribution in [1.29, 1.82) is 0 Å². The lowest BCUT2D eigenvalue weighted by molar-refractivity contribution is -0.129. The molecule has 0 radical (unpaired) electrons. The second kappa shape index (κ2) is 6.53. The highest BCUT2D eigenvalue weighted by Crippen LogP contribution is 2.33. The maximum atomic E-state index is 12.3. The van der Waals surface area contributed by atoms with Crippen LogP contribution in [0.1, 0.15) is 69.0 Å². The second-order valence-corrected chi connectivity index (χ2v) is 7.28. The van der Waals surface area contributed by atoms with Crippen molar-refractivity contribution >= 4 is 11.8 Å². The van der Waals surface area contributed by atoms with E-state index in [9.17, 15) is 9.59 Å². The predicted molar refractivity (Wildman–Crippen MR) is 84.8 cm³/mol. The number of likely N-dealkylation sites (tertiary alicyclic amines) is 1. The Morgan fingerprint density at radius 1 is 1.21 bits per heavy atom. The van der Waals surface area contributed by atoms with Crippen molar-refractivity contribution in [3.05, 3.63) is 11.7 Å². The molecule has 7 nitrogen and oxygen atoms in total. The smallest absolute Gasteiger partial charge is 0.246 e. The van der Waals surface area contributed by atoms with Gasteiger partial charge < -0.3 is 14.7 Å². The van der Waals surface area contributed by atoms with Gasteiger partial charge in [-0.25, -0.2) is 0 Å². The molecule has 1 saturated heterocycles. The van der Waals surface area contributed by atoms with E-state index in [2.05, 4.69) is 15.5 Å². The fraction of sp³-hybridized carbons (Fsp3) is 0.765. The number of rotatable bonds is 5. The van der Waals surface area contributed by atoms with Gasteiger partial charge >= 0.3 is 0 Å². The van der Waals surface area contributed by atoms with Crippen molar-refractivity contribution in [3.63, 3.8) is 0 Å². The number of carbonyl (C=O) groups is 2. The molecule has 1 aromatic rings. The van der Waals surface area contributed by atoms with Crippen molar-refractivity contribution in [1.82, 2.24) is 20.4 Å². The Bertz CT molecular complexity index is 619. The SMILES string of the molecule is O=C(NCc1nc(C2CCCCC2)no1)[C@@H]1CC(=O)N(C2CC2)C1. The van der Waals surface area contributed by atoms with Gasteiger partial charge in [0.25, 0.3) is 0 Å². The molecular weight excluding hydrogens is 308 g/mol. The van der Waals surface area contributed by atoms with E-state index in [0.717, 1.165) is 31.5 Å². The minimum Gasteiger partial charge on any atom is -0.347 e. The third kappa shape index (κ3) is 3.30. The van der Waals surface area contributed by atoms with Crippen LogP contribution in [0.25, 0.3) is 0 Å². The van der Waals surface area contributed by atoms with Crippen LogP contribution in [-0.2, 0) is 16.1 Å². The molecule has 1 aromatic heterocycles. The molecule has 2 saturated carbocycles. The van der Waals surface area contributed by atoms with Crippen LogP contribution >= 0.6 is 0 Å². The molecule has 3 fully saturated rings. The largest absolute Gasteiger partial charge is 0.347 e. The van der Waals surface area contributed by atoms with Crippen molar-refractivity contribution < 1.29 is 14.1 Å². The van der Waals surface area contributed by atoms with Crippen LogP contribution in [-0.4, -0.2) is 39.4 Å². The lowest BCUT2D eigenvalue weighted by atomic mass is 9.89. The van der Waals surface area contributed by atoms with Crippen LogP contribution in [0.5, 0.6) is 0 Å². The Labute approximate surface area is 141 Å². The Balaban J connectivity index is 1.28. The van der Waals surface area contributed by atoms with E-state index in [1.165, 1.54) is 19.3 Å². The van der Waals surface area contributed by atoms with Crippen molar-refractivity contribution in [2.24, 2.45) is 5.92 Å². The Hall–Kier alpha value is -1.92. The van der Waals surface area contributed by atoms with Gasteiger partial charge in [-0.3, -0.25) is 9.59 Å². The monoisotopic (exact) mass is 332 g/mol. The molecule has 130 valence electrons. The van der Waals surface area contributed by atoms with E-state index in [1.807, 2.05) is 4.90 Å². The van der Waals surface area contributed by atoms with E-state index >= 15 is 0 Å². The Morgan fingerprint density at radius 2 is 2.00 bits per heavy atom. The number of amides is 2. The molecule has 0 bridgehead atoms. The molecule has 3 aliphatic rings. The summed E-state index contributed by atoms with van der Waals surface area (Å²) in [6.07, 6.45) is 8.43. The van der Waals surface area contributed by atoms with Crippen molar-refractivity contribution in [2.75, 3.05) is 6.54 Å². The maximum Gasteiger partial charge on any atom is 0.246 e. The van der Waals surface area contributed by atoms with Gasteiger partial charge in [-0.1, -0.05) is 24.4 Å². The van der Waals surface area contributed by atoms with Gasteiger partial charge in [0.15, 0.2) is 5.82 Å². The molecule has 24 heavy (non-hydrogen) atoms. The zero-order valence-electron chi connectivity index (χ0n) is 13.9. The van der Waals surface area contributed by atoms with Crippen LogP contribution < -0.4 is 5.32 Å². The molecule has 4 rings (SSSR count). The van der Waals surface area contributed by atoms with Gasteiger partial charge in [-0.15, -0.1) is 0 Å². The van der Waals surface area contributed by atoms with Crippen LogP contribution in [0.4, 0.5) is 0 Å². The number of nitrogens with one attached hydrogen (secondary N) is 1. The Kier molecular flexibility index (Phi) is 4.24. The predicted octanol–water partition coefficient (Wildman–Crippen LogP) is 1.74. The first-order valence-corrected chi connectivity index (χ1v) is 9.10. The van der Waals surface area contributed by atoms with Gasteiger partial charge in [0.05, 0.1) is 12.5 Å². The van der Waals surface area contributed by atoms with Gasteiger partial charge in [-0.05, 0) is 25.7 Å². The van der Waals surface area contributed by atoms with Gasteiger partial charge in [0.1, 0.15) is 0 Å². The third-order valence-electron chi connectivity index (χ3n) is 5.38. The second-order valence-electron chi connectivity index (χ2n) is 7.28. The zero-order valence-corrected chi connectivity index (χ0v) is 13.9. The number of carbonyl (C=O) groups excluding carboxylic acids is 2. The summed E-state index contributed by atoms with van der Waals surface area (Å²) in [5, 5.41) is 6.91. The molecule has 1 atom stereocenters. The average Bonchev–Trinajstić information content (AvgIpc) is 3.20. The van der Waals surface area contributed by atoms with Crippen molar-refractivity contribution in [3.8, 4) is 0 Å².